The van der Waals surface area contributed by atoms with E-state index in [2.05, 4.69) is 50.5 Å². The maximum absolute atomic E-state index is 13.3. The van der Waals surface area contributed by atoms with Crippen molar-refractivity contribution in [3.63, 3.8) is 0 Å². The number of benzene rings is 3. The maximum atomic E-state index is 13.3. The van der Waals surface area contributed by atoms with Gasteiger partial charge in [0, 0.05) is 31.5 Å². The van der Waals surface area contributed by atoms with Crippen LogP contribution in [0.3, 0.4) is 0 Å². The zero-order valence-corrected chi connectivity index (χ0v) is 25.6. The number of aliphatic imine (C=N–C) groups is 1. The molecule has 5 rings (SSSR count). The molecule has 0 saturated carbocycles. The molecule has 4 aromatic rings. The summed E-state index contributed by atoms with van der Waals surface area (Å²) in [6.07, 6.45) is -10.1. The molecule has 1 saturated heterocycles. The van der Waals surface area contributed by atoms with Gasteiger partial charge in [0.25, 0.3) is 0 Å². The van der Waals surface area contributed by atoms with Crippen LogP contribution in [0.5, 0.6) is 5.75 Å². The van der Waals surface area contributed by atoms with Crippen molar-refractivity contribution in [3.8, 4) is 22.8 Å². The summed E-state index contributed by atoms with van der Waals surface area (Å²) >= 11 is 1.73. The Kier molecular flexibility index (Phi) is 9.63. The number of rotatable bonds is 10. The minimum atomic E-state index is -5.83. The second-order valence-corrected chi connectivity index (χ2v) is 11.6. The second-order valence-electron chi connectivity index (χ2n) is 10.5. The van der Waals surface area contributed by atoms with E-state index < -0.39 is 18.0 Å². The number of ether oxygens (including phenoxy) is 1. The van der Waals surface area contributed by atoms with Crippen LogP contribution in [0.4, 0.5) is 33.6 Å². The quantitative estimate of drug-likeness (QED) is 0.171. The lowest BCUT2D eigenvalue weighted by atomic mass is 10.0. The van der Waals surface area contributed by atoms with Crippen molar-refractivity contribution in [1.82, 2.24) is 25.2 Å². The fourth-order valence-electron chi connectivity index (χ4n) is 4.58. The molecule has 45 heavy (non-hydrogen) atoms. The van der Waals surface area contributed by atoms with Gasteiger partial charge in [-0.3, -0.25) is 5.01 Å². The first-order chi connectivity index (χ1) is 21.4. The number of para-hydroxylation sites is 1. The zero-order valence-electron chi connectivity index (χ0n) is 24.8. The summed E-state index contributed by atoms with van der Waals surface area (Å²) in [5.41, 5.74) is 7.85. The van der Waals surface area contributed by atoms with Crippen molar-refractivity contribution < 1.29 is 26.7 Å². The highest BCUT2D eigenvalue weighted by Gasteiger charge is 2.61. The Morgan fingerprint density at radius 2 is 1.69 bits per heavy atom. The summed E-state index contributed by atoms with van der Waals surface area (Å²) in [7, 11) is 1.64. The van der Waals surface area contributed by atoms with Gasteiger partial charge in [0.1, 0.15) is 5.75 Å². The lowest BCUT2D eigenvalue weighted by Crippen LogP contribution is -2.44. The van der Waals surface area contributed by atoms with E-state index in [1.54, 1.807) is 18.8 Å². The van der Waals surface area contributed by atoms with Crippen molar-refractivity contribution in [2.24, 2.45) is 4.99 Å². The minimum absolute atomic E-state index is 0.346. The number of hydrazine groups is 1. The first-order valence-corrected chi connectivity index (χ1v) is 15.2. The third-order valence-electron chi connectivity index (χ3n) is 6.94. The summed E-state index contributed by atoms with van der Waals surface area (Å²) in [6.45, 7) is 5.75. The molecule has 238 valence electrons. The van der Waals surface area contributed by atoms with Crippen LogP contribution in [-0.4, -0.2) is 56.6 Å². The van der Waals surface area contributed by atoms with Crippen molar-refractivity contribution in [1.29, 1.82) is 0 Å². The molecule has 3 aromatic carbocycles. The van der Waals surface area contributed by atoms with Gasteiger partial charge in [0.15, 0.2) is 11.0 Å². The molecule has 1 aliphatic heterocycles. The summed E-state index contributed by atoms with van der Waals surface area (Å²) in [5, 5.41) is 10.5. The highest BCUT2D eigenvalue weighted by molar-refractivity contribution is 8.13. The zero-order chi connectivity index (χ0) is 32.2. The summed E-state index contributed by atoms with van der Waals surface area (Å²) < 4.78 is 69.3. The van der Waals surface area contributed by atoms with Gasteiger partial charge in [-0.1, -0.05) is 68.1 Å². The molecular weight excluding hydrogens is 613 g/mol. The minimum Gasteiger partial charge on any atom is -0.426 e. The van der Waals surface area contributed by atoms with Gasteiger partial charge in [-0.05, 0) is 53.8 Å². The smallest absolute Gasteiger partial charge is 0.426 e. The normalized spacial score (nSPS) is 15.1. The summed E-state index contributed by atoms with van der Waals surface area (Å²) in [6, 6.07) is 20.6. The van der Waals surface area contributed by atoms with Crippen LogP contribution in [0.2, 0.25) is 0 Å². The van der Waals surface area contributed by atoms with Gasteiger partial charge < -0.3 is 10.1 Å². The molecule has 2 N–H and O–H groups in total. The first-order valence-electron chi connectivity index (χ1n) is 14.2. The van der Waals surface area contributed by atoms with E-state index in [1.165, 1.54) is 22.4 Å². The van der Waals surface area contributed by atoms with Crippen LogP contribution in [0, 0.1) is 0 Å². The molecule has 2 heterocycles. The van der Waals surface area contributed by atoms with Crippen LogP contribution in [-0.2, 0) is 6.54 Å². The highest BCUT2D eigenvalue weighted by atomic mass is 32.2. The summed E-state index contributed by atoms with van der Waals surface area (Å²) in [4.78, 5) is 9.50. The molecule has 14 heteroatoms. The molecule has 1 fully saturated rings. The Bertz CT molecular complexity index is 1620. The lowest BCUT2D eigenvalue weighted by molar-refractivity contribution is -0.360. The summed E-state index contributed by atoms with van der Waals surface area (Å²) in [5.74, 6) is 1.48. The van der Waals surface area contributed by atoms with Crippen LogP contribution < -0.4 is 15.5 Å². The van der Waals surface area contributed by atoms with Crippen LogP contribution in [0.25, 0.3) is 17.1 Å². The fourth-order valence-corrected chi connectivity index (χ4v) is 5.51. The number of thioether (sulfide) groups is 1. The number of nitrogens with zero attached hydrogens (tertiary/aromatic N) is 5. The largest absolute Gasteiger partial charge is 0.499 e. The Morgan fingerprint density at radius 3 is 2.36 bits per heavy atom. The van der Waals surface area contributed by atoms with Gasteiger partial charge in [-0.15, -0.1) is 5.10 Å². The van der Waals surface area contributed by atoms with Crippen molar-refractivity contribution >= 4 is 28.6 Å². The van der Waals surface area contributed by atoms with E-state index in [-0.39, 0.29) is 0 Å². The molecular formula is C31H32F5N7OS. The Morgan fingerprint density at radius 1 is 0.978 bits per heavy atom. The van der Waals surface area contributed by atoms with Gasteiger partial charge in [-0.2, -0.15) is 31.6 Å². The number of aromatic nitrogens is 3. The van der Waals surface area contributed by atoms with Crippen molar-refractivity contribution in [2.45, 2.75) is 45.0 Å². The third kappa shape index (κ3) is 7.56. The molecule has 0 radical (unpaired) electrons. The number of amidine groups is 1. The number of halogens is 5. The van der Waals surface area contributed by atoms with E-state index >= 15 is 0 Å². The molecule has 1 aromatic heterocycles. The van der Waals surface area contributed by atoms with Crippen LogP contribution >= 0.6 is 11.8 Å². The monoisotopic (exact) mass is 645 g/mol. The molecule has 0 bridgehead atoms. The number of anilines is 1. The van der Waals surface area contributed by atoms with Crippen molar-refractivity contribution in [2.75, 3.05) is 24.7 Å². The Hall–Kier alpha value is -4.17. The number of hydrogen-bond acceptors (Lipinski definition) is 7. The SMILES string of the molecule is CNc1nc(-c2ccc(CNN3CCCS/C3=N\c3ccccc3C(C)C)cc2)nn1-c1ccc(OC(F)(F)C(F)(F)F)cc1. The predicted octanol–water partition coefficient (Wildman–Crippen LogP) is 7.76. The Balaban J connectivity index is 1.27. The van der Waals surface area contributed by atoms with Gasteiger partial charge >= 0.3 is 12.3 Å². The molecule has 0 spiro atoms. The fraction of sp³-hybridized carbons (Fsp3) is 0.323. The average Bonchev–Trinajstić information content (AvgIpc) is 3.45. The maximum Gasteiger partial charge on any atom is 0.499 e. The predicted molar refractivity (Wildman–Crippen MR) is 166 cm³/mol. The standard InChI is InChI=1S/C31H32F5N7OS/c1-20(2)25-7-4-5-8-26(25)39-29-42(17-6-18-45-29)38-19-21-9-11-22(12-10-21)27-40-28(37-3)43(41-27)23-13-15-24(16-14-23)44-31(35,36)30(32,33)34/h4-5,7-16,20,38H,6,17-19H2,1-3H3,(H,37,40,41)/b39-29-. The van der Waals surface area contributed by atoms with Crippen LogP contribution in [0.15, 0.2) is 77.8 Å². The van der Waals surface area contributed by atoms with E-state index in [0.29, 0.717) is 29.9 Å². The molecule has 1 aliphatic rings. The van der Waals surface area contributed by atoms with Crippen molar-refractivity contribution in [3.05, 3.63) is 83.9 Å². The number of nitrogens with one attached hydrogen (secondary N) is 2. The topological polar surface area (TPSA) is 79.6 Å². The molecule has 0 aliphatic carbocycles. The van der Waals surface area contributed by atoms with E-state index in [0.717, 1.165) is 52.8 Å². The molecule has 0 unspecified atom stereocenters. The van der Waals surface area contributed by atoms with Gasteiger partial charge in [-0.25, -0.2) is 10.4 Å². The average molecular weight is 646 g/mol. The first kappa shape index (κ1) is 32.2. The Labute approximate surface area is 261 Å². The van der Waals surface area contributed by atoms with E-state index in [9.17, 15) is 22.0 Å². The molecule has 0 amide bonds. The van der Waals surface area contributed by atoms with Crippen LogP contribution in [0.1, 0.15) is 37.3 Å². The lowest BCUT2D eigenvalue weighted by Gasteiger charge is -2.30. The number of hydrogen-bond donors (Lipinski definition) is 2. The third-order valence-corrected chi connectivity index (χ3v) is 8.00. The second kappa shape index (κ2) is 13.4. The highest BCUT2D eigenvalue weighted by Crippen LogP contribution is 2.37. The number of alkyl halides is 5. The van der Waals surface area contributed by atoms with Gasteiger partial charge in [0.05, 0.1) is 11.4 Å². The molecule has 8 nitrogen and oxygen atoms in total. The van der Waals surface area contributed by atoms with E-state index in [1.807, 2.05) is 42.5 Å². The van der Waals surface area contributed by atoms with E-state index in [4.69, 9.17) is 4.99 Å². The van der Waals surface area contributed by atoms with Gasteiger partial charge in [0.2, 0.25) is 5.95 Å². The molecule has 0 atom stereocenters.